The van der Waals surface area contributed by atoms with Gasteiger partial charge in [-0.3, -0.25) is 0 Å². The van der Waals surface area contributed by atoms with Gasteiger partial charge in [0.25, 0.3) is 0 Å². The Morgan fingerprint density at radius 3 is 2.50 bits per heavy atom. The minimum absolute atomic E-state index is 0. The molecule has 0 aromatic rings. The summed E-state index contributed by atoms with van der Waals surface area (Å²) in [6.07, 6.45) is 3.31. The average molecular weight is 90.1 g/mol. The molecule has 0 bridgehead atoms. The summed E-state index contributed by atoms with van der Waals surface area (Å²) >= 11 is 0. The second kappa shape index (κ2) is 2.68. The summed E-state index contributed by atoms with van der Waals surface area (Å²) in [4.78, 5) is 8.60. The summed E-state index contributed by atoms with van der Waals surface area (Å²) in [6.45, 7) is 0.597. The van der Waals surface area contributed by atoms with Crippen molar-refractivity contribution in [2.75, 3.05) is 6.61 Å². The molecule has 6 heavy (non-hydrogen) atoms. The van der Waals surface area contributed by atoms with Gasteiger partial charge in [-0.1, -0.05) is 0 Å². The van der Waals surface area contributed by atoms with Crippen LogP contribution in [-0.2, 0) is 9.78 Å². The largest absolute Gasteiger partial charge is 0.412 e. The van der Waals surface area contributed by atoms with Crippen molar-refractivity contribution in [3.05, 3.63) is 12.3 Å². The monoisotopic (exact) mass is 90.0 g/mol. The summed E-state index contributed by atoms with van der Waals surface area (Å²) in [5.74, 6) is 0. The molecule has 1 heterocycles. The molecule has 0 aromatic heterocycles. The lowest BCUT2D eigenvalue weighted by molar-refractivity contribution is -0.221. The smallest absolute Gasteiger partial charge is 0.128 e. The van der Waals surface area contributed by atoms with E-state index in [4.69, 9.17) is 0 Å². The summed E-state index contributed by atoms with van der Waals surface area (Å²) in [5.41, 5.74) is 0. The standard InChI is InChI=1S/C3H4O2.H2O/c1-2-4-5-3-1;/h1-2H,3H2;1H2. The molecule has 3 nitrogen and oxygen atoms in total. The van der Waals surface area contributed by atoms with E-state index in [1.807, 2.05) is 0 Å². The van der Waals surface area contributed by atoms with Gasteiger partial charge in [0.2, 0.25) is 0 Å². The molecule has 3 heteroatoms. The third kappa shape index (κ3) is 1.05. The molecule has 0 saturated heterocycles. The SMILES string of the molecule is C1=COOC1.O. The third-order valence-corrected chi connectivity index (χ3v) is 0.384. The fraction of sp³-hybridized carbons (Fsp3) is 0.333. The van der Waals surface area contributed by atoms with Crippen LogP contribution >= 0.6 is 0 Å². The van der Waals surface area contributed by atoms with Crippen molar-refractivity contribution in [2.45, 2.75) is 0 Å². The lowest BCUT2D eigenvalue weighted by atomic mass is 10.7. The molecule has 0 amide bonds. The number of hydrogen-bond acceptors (Lipinski definition) is 2. The van der Waals surface area contributed by atoms with Crippen LogP contribution in [0.3, 0.4) is 0 Å². The van der Waals surface area contributed by atoms with Gasteiger partial charge in [0, 0.05) is 0 Å². The van der Waals surface area contributed by atoms with E-state index in [2.05, 4.69) is 9.78 Å². The van der Waals surface area contributed by atoms with Gasteiger partial charge in [-0.05, 0) is 6.08 Å². The van der Waals surface area contributed by atoms with Crippen LogP contribution in [0.15, 0.2) is 12.3 Å². The minimum Gasteiger partial charge on any atom is -0.412 e. The summed E-state index contributed by atoms with van der Waals surface area (Å²) in [5, 5.41) is 0. The predicted molar refractivity (Wildman–Crippen MR) is 19.8 cm³/mol. The van der Waals surface area contributed by atoms with Crippen molar-refractivity contribution >= 4 is 0 Å². The van der Waals surface area contributed by atoms with Gasteiger partial charge in [0.1, 0.15) is 12.9 Å². The number of rotatable bonds is 0. The Balaban J connectivity index is 0.000000250. The molecule has 0 radical (unpaired) electrons. The highest BCUT2D eigenvalue weighted by Crippen LogP contribution is 1.88. The highest BCUT2D eigenvalue weighted by Gasteiger charge is 1.84. The first-order chi connectivity index (χ1) is 2.50. The van der Waals surface area contributed by atoms with Crippen LogP contribution < -0.4 is 0 Å². The van der Waals surface area contributed by atoms with Crippen molar-refractivity contribution < 1.29 is 15.3 Å². The van der Waals surface area contributed by atoms with E-state index in [1.165, 1.54) is 6.26 Å². The fourth-order valence-corrected chi connectivity index (χ4v) is 0.196. The quantitative estimate of drug-likeness (QED) is 0.381. The van der Waals surface area contributed by atoms with Crippen molar-refractivity contribution in [1.82, 2.24) is 0 Å². The average Bonchev–Trinajstić information content (AvgIpc) is 1.76. The summed E-state index contributed by atoms with van der Waals surface area (Å²) < 4.78 is 0. The Hall–Kier alpha value is -0.540. The van der Waals surface area contributed by atoms with Crippen molar-refractivity contribution in [1.29, 1.82) is 0 Å². The van der Waals surface area contributed by atoms with Crippen molar-refractivity contribution in [2.24, 2.45) is 0 Å². The second-order valence-electron chi connectivity index (χ2n) is 0.753. The second-order valence-corrected chi connectivity index (χ2v) is 0.753. The van der Waals surface area contributed by atoms with Gasteiger partial charge in [-0.2, -0.15) is 4.89 Å². The van der Waals surface area contributed by atoms with Crippen LogP contribution in [0.1, 0.15) is 0 Å². The van der Waals surface area contributed by atoms with Crippen molar-refractivity contribution in [3.63, 3.8) is 0 Å². The first-order valence-electron chi connectivity index (χ1n) is 1.43. The molecule has 0 atom stereocenters. The maximum Gasteiger partial charge on any atom is 0.128 e. The van der Waals surface area contributed by atoms with E-state index in [1.54, 1.807) is 6.08 Å². The molecule has 0 spiro atoms. The molecule has 1 aliphatic heterocycles. The fourth-order valence-electron chi connectivity index (χ4n) is 0.196. The Labute approximate surface area is 35.4 Å². The van der Waals surface area contributed by atoms with E-state index in [0.29, 0.717) is 6.61 Å². The Bertz CT molecular complexity index is 44.0. The van der Waals surface area contributed by atoms with Crippen LogP contribution in [0.5, 0.6) is 0 Å². The molecule has 36 valence electrons. The first kappa shape index (κ1) is 5.46. The van der Waals surface area contributed by atoms with Gasteiger partial charge in [-0.25, -0.2) is 0 Å². The third-order valence-electron chi connectivity index (χ3n) is 0.384. The zero-order chi connectivity index (χ0) is 3.54. The van der Waals surface area contributed by atoms with Crippen molar-refractivity contribution in [3.8, 4) is 0 Å². The Morgan fingerprint density at radius 1 is 1.50 bits per heavy atom. The molecule has 1 rings (SSSR count). The molecule has 0 aromatic carbocycles. The van der Waals surface area contributed by atoms with Gasteiger partial charge < -0.3 is 10.4 Å². The lowest BCUT2D eigenvalue weighted by Crippen LogP contribution is -1.73. The highest BCUT2D eigenvalue weighted by molar-refractivity contribution is 4.73. The van der Waals surface area contributed by atoms with E-state index < -0.39 is 0 Å². The topological polar surface area (TPSA) is 50.0 Å². The molecular formula is C3H6O3. The van der Waals surface area contributed by atoms with Crippen LogP contribution in [0.4, 0.5) is 0 Å². The molecule has 1 aliphatic rings. The summed E-state index contributed by atoms with van der Waals surface area (Å²) in [6, 6.07) is 0. The van der Waals surface area contributed by atoms with Gasteiger partial charge >= 0.3 is 0 Å². The normalized spacial score (nSPS) is 16.0. The van der Waals surface area contributed by atoms with E-state index in [9.17, 15) is 0 Å². The predicted octanol–water partition coefficient (Wildman–Crippen LogP) is -0.363. The zero-order valence-electron chi connectivity index (χ0n) is 3.18. The zero-order valence-corrected chi connectivity index (χ0v) is 3.18. The van der Waals surface area contributed by atoms with Crippen LogP contribution in [-0.4, -0.2) is 12.1 Å². The Kier molecular flexibility index (Phi) is 2.44. The van der Waals surface area contributed by atoms with Crippen LogP contribution in [0, 0.1) is 0 Å². The van der Waals surface area contributed by atoms with Crippen LogP contribution in [0.2, 0.25) is 0 Å². The molecule has 0 saturated carbocycles. The van der Waals surface area contributed by atoms with Crippen LogP contribution in [0.25, 0.3) is 0 Å². The van der Waals surface area contributed by atoms with Gasteiger partial charge in [0.05, 0.1) is 0 Å². The Morgan fingerprint density at radius 2 is 2.33 bits per heavy atom. The molecule has 0 fully saturated rings. The lowest BCUT2D eigenvalue weighted by Gasteiger charge is -1.80. The van der Waals surface area contributed by atoms with E-state index >= 15 is 0 Å². The summed E-state index contributed by atoms with van der Waals surface area (Å²) in [7, 11) is 0. The maximum absolute atomic E-state index is 4.33. The van der Waals surface area contributed by atoms with E-state index in [0.717, 1.165) is 0 Å². The van der Waals surface area contributed by atoms with Gasteiger partial charge in [0.15, 0.2) is 0 Å². The molecule has 2 N–H and O–H groups in total. The minimum atomic E-state index is 0. The van der Waals surface area contributed by atoms with E-state index in [-0.39, 0.29) is 5.48 Å². The highest BCUT2D eigenvalue weighted by atomic mass is 17.2. The molecule has 0 aliphatic carbocycles. The first-order valence-corrected chi connectivity index (χ1v) is 1.43. The maximum atomic E-state index is 4.33. The van der Waals surface area contributed by atoms with Gasteiger partial charge in [-0.15, -0.1) is 0 Å². The molecular weight excluding hydrogens is 84.0 g/mol. The molecule has 0 unspecified atom stereocenters. The number of hydrogen-bond donors (Lipinski definition) is 0.